The minimum Gasteiger partial charge on any atom is -0.396 e. The highest BCUT2D eigenvalue weighted by Gasteiger charge is 2.14. The van der Waals surface area contributed by atoms with Gasteiger partial charge in [-0.25, -0.2) is 0 Å². The van der Waals surface area contributed by atoms with E-state index in [1.54, 1.807) is 12.4 Å². The summed E-state index contributed by atoms with van der Waals surface area (Å²) < 4.78 is 0.943. The Kier molecular flexibility index (Phi) is 4.04. The Morgan fingerprint density at radius 3 is 2.81 bits per heavy atom. The predicted octanol–water partition coefficient (Wildman–Crippen LogP) is 3.42. The van der Waals surface area contributed by atoms with Crippen LogP contribution in [0.4, 0.5) is 11.4 Å². The van der Waals surface area contributed by atoms with E-state index >= 15 is 0 Å². The van der Waals surface area contributed by atoms with Gasteiger partial charge in [-0.1, -0.05) is 25.7 Å². The van der Waals surface area contributed by atoms with E-state index in [2.05, 4.69) is 26.2 Å². The molecule has 2 rings (SSSR count). The van der Waals surface area contributed by atoms with E-state index in [1.807, 2.05) is 0 Å². The highest BCUT2D eigenvalue weighted by molar-refractivity contribution is 9.10. The Morgan fingerprint density at radius 2 is 2.12 bits per heavy atom. The summed E-state index contributed by atoms with van der Waals surface area (Å²) in [5, 5.41) is 3.40. The lowest BCUT2D eigenvalue weighted by molar-refractivity contribution is 0.518. The molecule has 1 aromatic heterocycles. The van der Waals surface area contributed by atoms with E-state index in [-0.39, 0.29) is 0 Å². The number of pyridine rings is 1. The third kappa shape index (κ3) is 2.88. The summed E-state index contributed by atoms with van der Waals surface area (Å²) in [6.07, 6.45) is 10.3. The van der Waals surface area contributed by atoms with Crippen molar-refractivity contribution < 1.29 is 0 Å². The lowest BCUT2D eigenvalue weighted by Gasteiger charge is -2.13. The molecule has 0 saturated heterocycles. The molecule has 0 aliphatic heterocycles. The Balaban J connectivity index is 1.84. The Hall–Kier alpha value is -0.770. The van der Waals surface area contributed by atoms with Gasteiger partial charge in [-0.05, 0) is 28.3 Å². The minimum absolute atomic E-state index is 0.709. The van der Waals surface area contributed by atoms with Gasteiger partial charge in [0.1, 0.15) is 0 Å². The number of hydrogen-bond acceptors (Lipinski definition) is 3. The fourth-order valence-electron chi connectivity index (χ4n) is 2.34. The third-order valence-corrected chi connectivity index (χ3v) is 3.86. The van der Waals surface area contributed by atoms with Crippen LogP contribution in [0.5, 0.6) is 0 Å². The zero-order chi connectivity index (χ0) is 11.4. The molecule has 1 aliphatic carbocycles. The lowest BCUT2D eigenvalue weighted by Crippen LogP contribution is -2.08. The van der Waals surface area contributed by atoms with Crippen molar-refractivity contribution in [1.29, 1.82) is 0 Å². The standard InChI is InChI=1S/C12H18BrN3/c13-10-7-15-8-11(14)12(10)16-6-5-9-3-1-2-4-9/h7-9H,1-6,14H2,(H,15,16). The summed E-state index contributed by atoms with van der Waals surface area (Å²) in [7, 11) is 0. The minimum atomic E-state index is 0.709. The van der Waals surface area contributed by atoms with E-state index in [0.29, 0.717) is 5.69 Å². The molecule has 1 saturated carbocycles. The van der Waals surface area contributed by atoms with Crippen LogP contribution in [0, 0.1) is 5.92 Å². The first-order valence-corrected chi connectivity index (χ1v) is 6.69. The van der Waals surface area contributed by atoms with Crippen LogP contribution in [-0.4, -0.2) is 11.5 Å². The van der Waals surface area contributed by atoms with Gasteiger partial charge in [-0.15, -0.1) is 0 Å². The van der Waals surface area contributed by atoms with Crippen LogP contribution in [0.25, 0.3) is 0 Å². The molecule has 4 heteroatoms. The van der Waals surface area contributed by atoms with Gasteiger partial charge < -0.3 is 11.1 Å². The first-order valence-electron chi connectivity index (χ1n) is 5.90. The van der Waals surface area contributed by atoms with Gasteiger partial charge in [0.2, 0.25) is 0 Å². The smallest absolute Gasteiger partial charge is 0.0750 e. The SMILES string of the molecule is Nc1cncc(Br)c1NCCC1CCCC1. The normalized spacial score (nSPS) is 16.6. The molecule has 0 bridgehead atoms. The second kappa shape index (κ2) is 5.53. The number of hydrogen-bond donors (Lipinski definition) is 2. The number of aromatic nitrogens is 1. The molecule has 88 valence electrons. The average molecular weight is 284 g/mol. The van der Waals surface area contributed by atoms with Crippen LogP contribution < -0.4 is 11.1 Å². The first kappa shape index (κ1) is 11.7. The van der Waals surface area contributed by atoms with Crippen molar-refractivity contribution in [1.82, 2.24) is 4.98 Å². The Morgan fingerprint density at radius 1 is 1.38 bits per heavy atom. The number of nitrogens with two attached hydrogens (primary N) is 1. The highest BCUT2D eigenvalue weighted by atomic mass is 79.9. The van der Waals surface area contributed by atoms with Crippen LogP contribution in [0.15, 0.2) is 16.9 Å². The molecule has 0 atom stereocenters. The number of halogens is 1. The van der Waals surface area contributed by atoms with Crippen molar-refractivity contribution >= 4 is 27.3 Å². The van der Waals surface area contributed by atoms with Crippen LogP contribution in [-0.2, 0) is 0 Å². The first-order chi connectivity index (χ1) is 7.77. The summed E-state index contributed by atoms with van der Waals surface area (Å²) in [5.74, 6) is 0.911. The van der Waals surface area contributed by atoms with Crippen molar-refractivity contribution in [2.75, 3.05) is 17.6 Å². The maximum absolute atomic E-state index is 5.86. The number of rotatable bonds is 4. The zero-order valence-electron chi connectivity index (χ0n) is 9.38. The average Bonchev–Trinajstić information content (AvgIpc) is 2.75. The second-order valence-corrected chi connectivity index (χ2v) is 5.31. The third-order valence-electron chi connectivity index (χ3n) is 3.26. The molecule has 1 fully saturated rings. The van der Waals surface area contributed by atoms with Gasteiger partial charge in [-0.3, -0.25) is 4.98 Å². The molecular weight excluding hydrogens is 266 g/mol. The summed E-state index contributed by atoms with van der Waals surface area (Å²) in [6, 6.07) is 0. The molecule has 1 heterocycles. The largest absolute Gasteiger partial charge is 0.396 e. The number of anilines is 2. The monoisotopic (exact) mass is 283 g/mol. The molecule has 3 nitrogen and oxygen atoms in total. The van der Waals surface area contributed by atoms with Crippen molar-refractivity contribution in [3.8, 4) is 0 Å². The lowest BCUT2D eigenvalue weighted by atomic mass is 10.0. The van der Waals surface area contributed by atoms with Crippen molar-refractivity contribution in [3.05, 3.63) is 16.9 Å². The molecule has 1 aliphatic rings. The van der Waals surface area contributed by atoms with Gasteiger partial charge in [0.25, 0.3) is 0 Å². The van der Waals surface area contributed by atoms with E-state index in [9.17, 15) is 0 Å². The van der Waals surface area contributed by atoms with Crippen molar-refractivity contribution in [2.24, 2.45) is 5.92 Å². The summed E-state index contributed by atoms with van der Waals surface area (Å²) in [6.45, 7) is 0.997. The van der Waals surface area contributed by atoms with Gasteiger partial charge in [0, 0.05) is 12.7 Å². The van der Waals surface area contributed by atoms with Gasteiger partial charge >= 0.3 is 0 Å². The molecule has 0 unspecified atom stereocenters. The molecule has 1 aromatic rings. The number of nitrogens with zero attached hydrogens (tertiary/aromatic N) is 1. The second-order valence-electron chi connectivity index (χ2n) is 4.45. The van der Waals surface area contributed by atoms with Crippen molar-refractivity contribution in [2.45, 2.75) is 32.1 Å². The highest BCUT2D eigenvalue weighted by Crippen LogP contribution is 2.29. The Bertz CT molecular complexity index is 328. The molecule has 0 spiro atoms. The number of nitrogens with one attached hydrogen (secondary N) is 1. The molecule has 0 aromatic carbocycles. The molecule has 0 radical (unpaired) electrons. The van der Waals surface area contributed by atoms with Crippen LogP contribution in [0.1, 0.15) is 32.1 Å². The van der Waals surface area contributed by atoms with E-state index in [0.717, 1.165) is 22.6 Å². The topological polar surface area (TPSA) is 50.9 Å². The fourth-order valence-corrected chi connectivity index (χ4v) is 2.82. The molecule has 16 heavy (non-hydrogen) atoms. The van der Waals surface area contributed by atoms with E-state index in [4.69, 9.17) is 5.73 Å². The van der Waals surface area contributed by atoms with Crippen molar-refractivity contribution in [3.63, 3.8) is 0 Å². The Labute approximate surface area is 105 Å². The maximum Gasteiger partial charge on any atom is 0.0750 e. The molecule has 3 N–H and O–H groups in total. The van der Waals surface area contributed by atoms with E-state index < -0.39 is 0 Å². The summed E-state index contributed by atoms with van der Waals surface area (Å²) in [5.41, 5.74) is 7.55. The fraction of sp³-hybridized carbons (Fsp3) is 0.583. The van der Waals surface area contributed by atoms with E-state index in [1.165, 1.54) is 32.1 Å². The quantitative estimate of drug-likeness (QED) is 0.890. The van der Waals surface area contributed by atoms with Crippen LogP contribution in [0.2, 0.25) is 0 Å². The summed E-state index contributed by atoms with van der Waals surface area (Å²) >= 11 is 3.46. The molecule has 0 amide bonds. The van der Waals surface area contributed by atoms with Crippen LogP contribution in [0.3, 0.4) is 0 Å². The predicted molar refractivity (Wildman–Crippen MR) is 71.4 cm³/mol. The zero-order valence-corrected chi connectivity index (χ0v) is 11.0. The maximum atomic E-state index is 5.86. The summed E-state index contributed by atoms with van der Waals surface area (Å²) in [4.78, 5) is 4.02. The molecular formula is C12H18BrN3. The number of nitrogen functional groups attached to an aromatic ring is 1. The van der Waals surface area contributed by atoms with Gasteiger partial charge in [0.05, 0.1) is 22.0 Å². The van der Waals surface area contributed by atoms with Gasteiger partial charge in [0.15, 0.2) is 0 Å². The van der Waals surface area contributed by atoms with Gasteiger partial charge in [-0.2, -0.15) is 0 Å². The van der Waals surface area contributed by atoms with Crippen LogP contribution >= 0.6 is 15.9 Å².